The number of nitrogens with zero attached hydrogens (tertiary/aromatic N) is 2. The van der Waals surface area contributed by atoms with Gasteiger partial charge in [-0.1, -0.05) is 30.3 Å². The van der Waals surface area contributed by atoms with Crippen LogP contribution < -0.4 is 14.8 Å². The Bertz CT molecular complexity index is 852. The summed E-state index contributed by atoms with van der Waals surface area (Å²) in [6.45, 7) is 2.82. The molecule has 0 radical (unpaired) electrons. The molecule has 26 heavy (non-hydrogen) atoms. The van der Waals surface area contributed by atoms with Crippen molar-refractivity contribution < 1.29 is 14.3 Å². The Kier molecular flexibility index (Phi) is 5.77. The van der Waals surface area contributed by atoms with Crippen LogP contribution in [0.15, 0.2) is 67.0 Å². The zero-order valence-corrected chi connectivity index (χ0v) is 14.4. The molecule has 3 aromatic rings. The van der Waals surface area contributed by atoms with Crippen LogP contribution in [0.4, 0.5) is 5.69 Å². The zero-order chi connectivity index (χ0) is 18.2. The Morgan fingerprint density at radius 2 is 1.77 bits per heavy atom. The molecule has 0 spiro atoms. The van der Waals surface area contributed by atoms with Crippen molar-refractivity contribution in [3.63, 3.8) is 0 Å². The van der Waals surface area contributed by atoms with Crippen molar-refractivity contribution in [1.82, 2.24) is 9.97 Å². The van der Waals surface area contributed by atoms with Gasteiger partial charge in [-0.3, -0.25) is 4.79 Å². The Labute approximate surface area is 151 Å². The lowest BCUT2D eigenvalue weighted by Gasteiger charge is -2.09. The van der Waals surface area contributed by atoms with Gasteiger partial charge >= 0.3 is 0 Å². The summed E-state index contributed by atoms with van der Waals surface area (Å²) in [6, 6.07) is 18.6. The third-order valence-corrected chi connectivity index (χ3v) is 3.53. The van der Waals surface area contributed by atoms with E-state index in [-0.39, 0.29) is 11.6 Å². The molecule has 2 aromatic carbocycles. The van der Waals surface area contributed by atoms with Gasteiger partial charge in [0.1, 0.15) is 24.4 Å². The molecule has 0 saturated carbocycles. The van der Waals surface area contributed by atoms with Crippen molar-refractivity contribution in [3.05, 3.63) is 78.2 Å². The fraction of sp³-hybridized carbons (Fsp3) is 0.150. The fourth-order valence-corrected chi connectivity index (χ4v) is 2.26. The predicted molar refractivity (Wildman–Crippen MR) is 98.4 cm³/mol. The summed E-state index contributed by atoms with van der Waals surface area (Å²) < 4.78 is 11.0. The lowest BCUT2D eigenvalue weighted by Crippen LogP contribution is -2.14. The number of anilines is 1. The minimum atomic E-state index is -0.327. The quantitative estimate of drug-likeness (QED) is 0.704. The van der Waals surface area contributed by atoms with Gasteiger partial charge in [0, 0.05) is 11.8 Å². The van der Waals surface area contributed by atoms with E-state index in [1.807, 2.05) is 49.4 Å². The lowest BCUT2D eigenvalue weighted by atomic mass is 10.2. The van der Waals surface area contributed by atoms with Crippen LogP contribution in [0.2, 0.25) is 0 Å². The lowest BCUT2D eigenvalue weighted by molar-refractivity contribution is 0.102. The predicted octanol–water partition coefficient (Wildman–Crippen LogP) is 3.71. The van der Waals surface area contributed by atoms with Crippen LogP contribution in [0, 0.1) is 0 Å². The number of carbonyl (C=O) groups excluding carboxylic acids is 1. The highest BCUT2D eigenvalue weighted by Crippen LogP contribution is 2.18. The molecular weight excluding hydrogens is 330 g/mol. The Balaban J connectivity index is 1.58. The third-order valence-electron chi connectivity index (χ3n) is 3.53. The third kappa shape index (κ3) is 4.80. The number of aromatic nitrogens is 2. The molecule has 1 amide bonds. The molecule has 132 valence electrons. The number of hydrogen-bond donors (Lipinski definition) is 1. The first kappa shape index (κ1) is 17.4. The molecule has 1 heterocycles. The molecular formula is C20H19N3O3. The van der Waals surface area contributed by atoms with Crippen molar-refractivity contribution in [2.75, 3.05) is 11.9 Å². The molecule has 0 fully saturated rings. The summed E-state index contributed by atoms with van der Waals surface area (Å²) in [4.78, 5) is 20.2. The van der Waals surface area contributed by atoms with Crippen LogP contribution in [0.1, 0.15) is 23.0 Å². The molecule has 0 bridgehead atoms. The van der Waals surface area contributed by atoms with Crippen LogP contribution in [0.5, 0.6) is 11.6 Å². The normalized spacial score (nSPS) is 10.2. The first-order valence-electron chi connectivity index (χ1n) is 8.27. The summed E-state index contributed by atoms with van der Waals surface area (Å²) in [5.74, 6) is 0.774. The van der Waals surface area contributed by atoms with Crippen LogP contribution in [0.25, 0.3) is 0 Å². The number of ether oxygens (including phenoxy) is 2. The molecule has 6 nitrogen and oxygen atoms in total. The number of carbonyl (C=O) groups is 1. The number of benzene rings is 2. The van der Waals surface area contributed by atoms with Gasteiger partial charge in [0.05, 0.1) is 6.61 Å². The Morgan fingerprint density at radius 1 is 1.00 bits per heavy atom. The van der Waals surface area contributed by atoms with E-state index in [0.29, 0.717) is 24.8 Å². The monoisotopic (exact) mass is 349 g/mol. The van der Waals surface area contributed by atoms with Crippen molar-refractivity contribution in [2.45, 2.75) is 13.5 Å². The van der Waals surface area contributed by atoms with Gasteiger partial charge in [0.25, 0.3) is 5.91 Å². The van der Waals surface area contributed by atoms with Crippen LogP contribution in [-0.4, -0.2) is 22.5 Å². The van der Waals surface area contributed by atoms with Gasteiger partial charge in [-0.15, -0.1) is 0 Å². The topological polar surface area (TPSA) is 73.3 Å². The molecule has 3 rings (SSSR count). The van der Waals surface area contributed by atoms with Crippen molar-refractivity contribution in [2.24, 2.45) is 0 Å². The maximum absolute atomic E-state index is 12.3. The molecule has 0 aliphatic rings. The van der Waals surface area contributed by atoms with E-state index in [1.165, 1.54) is 12.4 Å². The maximum atomic E-state index is 12.3. The first-order valence-corrected chi connectivity index (χ1v) is 8.27. The summed E-state index contributed by atoms with van der Waals surface area (Å²) in [7, 11) is 0. The smallest absolute Gasteiger partial charge is 0.274 e. The molecule has 0 aliphatic heterocycles. The van der Waals surface area contributed by atoms with Gasteiger partial charge in [-0.25, -0.2) is 9.97 Å². The first-order chi connectivity index (χ1) is 12.7. The van der Waals surface area contributed by atoms with Gasteiger partial charge in [-0.05, 0) is 36.8 Å². The van der Waals surface area contributed by atoms with Crippen LogP contribution in [-0.2, 0) is 6.61 Å². The maximum Gasteiger partial charge on any atom is 0.274 e. The summed E-state index contributed by atoms with van der Waals surface area (Å²) in [5, 5.41) is 2.79. The van der Waals surface area contributed by atoms with Crippen LogP contribution in [0.3, 0.4) is 0 Å². The summed E-state index contributed by atoms with van der Waals surface area (Å²) >= 11 is 0. The van der Waals surface area contributed by atoms with E-state index in [0.717, 1.165) is 11.3 Å². The van der Waals surface area contributed by atoms with Crippen molar-refractivity contribution in [3.8, 4) is 11.6 Å². The highest BCUT2D eigenvalue weighted by molar-refractivity contribution is 6.02. The molecule has 6 heteroatoms. The van der Waals surface area contributed by atoms with Gasteiger partial charge < -0.3 is 14.8 Å². The Hall–Kier alpha value is -3.41. The summed E-state index contributed by atoms with van der Waals surface area (Å²) in [6.07, 6.45) is 1.31. The largest absolute Gasteiger partial charge is 0.489 e. The fourth-order valence-electron chi connectivity index (χ4n) is 2.26. The molecule has 1 aromatic heterocycles. The van der Waals surface area contributed by atoms with Gasteiger partial charge in [0.2, 0.25) is 5.88 Å². The number of hydrogen-bond acceptors (Lipinski definition) is 5. The standard InChI is InChI=1S/C20H19N3O3/c1-2-25-19-12-18(21-14-22-19)20(24)23-16-8-10-17(11-9-16)26-13-15-6-4-3-5-7-15/h3-12,14H,2,13H2,1H3,(H,23,24). The molecule has 0 unspecified atom stereocenters. The zero-order valence-electron chi connectivity index (χ0n) is 14.4. The van der Waals surface area contributed by atoms with E-state index in [1.54, 1.807) is 12.1 Å². The minimum absolute atomic E-state index is 0.243. The molecule has 0 aliphatic carbocycles. The van der Waals surface area contributed by atoms with Crippen LogP contribution >= 0.6 is 0 Å². The SMILES string of the molecule is CCOc1cc(C(=O)Nc2ccc(OCc3ccccc3)cc2)ncn1. The average molecular weight is 349 g/mol. The average Bonchev–Trinajstić information content (AvgIpc) is 2.69. The Morgan fingerprint density at radius 3 is 2.50 bits per heavy atom. The minimum Gasteiger partial charge on any atom is -0.489 e. The second-order valence-corrected chi connectivity index (χ2v) is 5.43. The number of rotatable bonds is 7. The second kappa shape index (κ2) is 8.62. The highest BCUT2D eigenvalue weighted by atomic mass is 16.5. The number of amides is 1. The van der Waals surface area contributed by atoms with E-state index in [4.69, 9.17) is 9.47 Å². The van der Waals surface area contributed by atoms with E-state index >= 15 is 0 Å². The summed E-state index contributed by atoms with van der Waals surface area (Å²) in [5.41, 5.74) is 1.99. The van der Waals surface area contributed by atoms with E-state index in [9.17, 15) is 4.79 Å². The number of nitrogens with one attached hydrogen (secondary N) is 1. The van der Waals surface area contributed by atoms with Crippen molar-refractivity contribution >= 4 is 11.6 Å². The second-order valence-electron chi connectivity index (χ2n) is 5.43. The van der Waals surface area contributed by atoms with E-state index in [2.05, 4.69) is 15.3 Å². The highest BCUT2D eigenvalue weighted by Gasteiger charge is 2.10. The van der Waals surface area contributed by atoms with Gasteiger partial charge in [0.15, 0.2) is 0 Å². The molecule has 1 N–H and O–H groups in total. The van der Waals surface area contributed by atoms with Crippen molar-refractivity contribution in [1.29, 1.82) is 0 Å². The van der Waals surface area contributed by atoms with Gasteiger partial charge in [-0.2, -0.15) is 0 Å². The van der Waals surface area contributed by atoms with E-state index < -0.39 is 0 Å². The molecule has 0 atom stereocenters. The molecule has 0 saturated heterocycles.